The molecule has 196 valence electrons. The molecular weight excluding hydrogens is 509 g/mol. The Morgan fingerprint density at radius 2 is 1.86 bits per heavy atom. The summed E-state index contributed by atoms with van der Waals surface area (Å²) in [6.45, 7) is 0.999. The lowest BCUT2D eigenvalue weighted by Crippen LogP contribution is -2.57. The number of hydrogen-bond acceptors (Lipinski definition) is 5. The van der Waals surface area contributed by atoms with Crippen LogP contribution >= 0.6 is 12.2 Å². The molecule has 3 saturated heterocycles. The van der Waals surface area contributed by atoms with Crippen LogP contribution < -0.4 is 19.7 Å². The Morgan fingerprint density at radius 1 is 1.11 bits per heavy atom. The van der Waals surface area contributed by atoms with Gasteiger partial charge in [-0.1, -0.05) is 12.1 Å². The fraction of sp³-hybridized carbons (Fsp3) is 0.400. The second kappa shape index (κ2) is 9.40. The van der Waals surface area contributed by atoms with Crippen LogP contribution in [-0.4, -0.2) is 72.3 Å². The Bertz CT molecular complexity index is 1260. The van der Waals surface area contributed by atoms with Crippen LogP contribution in [0.1, 0.15) is 17.5 Å². The number of ether oxygens (including phenoxy) is 2. The quantitative estimate of drug-likeness (QED) is 0.450. The molecule has 2 bridgehead atoms. The van der Waals surface area contributed by atoms with Crippen molar-refractivity contribution in [3.05, 3.63) is 53.6 Å². The van der Waals surface area contributed by atoms with Gasteiger partial charge in [-0.3, -0.25) is 4.79 Å². The fourth-order valence-electron chi connectivity index (χ4n) is 5.40. The summed E-state index contributed by atoms with van der Waals surface area (Å²) < 4.78 is 50.2. The van der Waals surface area contributed by atoms with Crippen molar-refractivity contribution in [1.29, 1.82) is 0 Å². The van der Waals surface area contributed by atoms with Crippen LogP contribution in [0, 0.1) is 0 Å². The van der Waals surface area contributed by atoms with Crippen molar-refractivity contribution in [2.45, 2.75) is 37.1 Å². The molecule has 3 aliphatic heterocycles. The summed E-state index contributed by atoms with van der Waals surface area (Å²) in [5, 5.41) is 3.71. The van der Waals surface area contributed by atoms with E-state index in [1.54, 1.807) is 14.2 Å². The van der Waals surface area contributed by atoms with Gasteiger partial charge in [-0.25, -0.2) is 9.69 Å². The maximum Gasteiger partial charge on any atom is 0.416 e. The molecule has 0 radical (unpaired) electrons. The summed E-state index contributed by atoms with van der Waals surface area (Å²) in [6, 6.07) is 7.99. The first-order valence-electron chi connectivity index (χ1n) is 11.7. The lowest BCUT2D eigenvalue weighted by Gasteiger charge is -2.36. The number of alkyl halides is 3. The number of nitrogens with one attached hydrogen (secondary N) is 1. The van der Waals surface area contributed by atoms with Gasteiger partial charge in [0.05, 0.1) is 37.6 Å². The molecule has 3 amide bonds. The first-order chi connectivity index (χ1) is 17.6. The van der Waals surface area contributed by atoms with E-state index in [4.69, 9.17) is 21.7 Å². The van der Waals surface area contributed by atoms with E-state index in [1.165, 1.54) is 17.0 Å². The summed E-state index contributed by atoms with van der Waals surface area (Å²) in [5.74, 6) is 0.742. The molecule has 0 spiro atoms. The molecule has 3 fully saturated rings. The number of amides is 3. The molecule has 3 aliphatic rings. The van der Waals surface area contributed by atoms with Gasteiger partial charge >= 0.3 is 12.2 Å². The molecule has 5 rings (SSSR count). The summed E-state index contributed by atoms with van der Waals surface area (Å²) in [5.41, 5.74) is 0.0262. The molecule has 2 aromatic rings. The van der Waals surface area contributed by atoms with Crippen molar-refractivity contribution in [2.24, 2.45) is 0 Å². The average Bonchev–Trinajstić information content (AvgIpc) is 3.54. The van der Waals surface area contributed by atoms with Gasteiger partial charge in [0, 0.05) is 13.1 Å². The normalized spacial score (nSPS) is 22.5. The zero-order valence-electron chi connectivity index (χ0n) is 20.1. The first kappa shape index (κ1) is 25.1. The van der Waals surface area contributed by atoms with Crippen LogP contribution in [0.25, 0.3) is 0 Å². The molecule has 3 atom stereocenters. The largest absolute Gasteiger partial charge is 0.493 e. The number of urea groups is 1. The van der Waals surface area contributed by atoms with Gasteiger partial charge in [0.25, 0.3) is 5.91 Å². The number of hydrogen-bond donors (Lipinski definition) is 1. The molecular formula is C25H25F3N4O4S. The zero-order chi connectivity index (χ0) is 26.5. The Balaban J connectivity index is 1.25. The lowest BCUT2D eigenvalue weighted by atomic mass is 10.1. The van der Waals surface area contributed by atoms with E-state index in [0.717, 1.165) is 22.6 Å². The van der Waals surface area contributed by atoms with Crippen molar-refractivity contribution in [2.75, 3.05) is 32.2 Å². The second-order valence-corrected chi connectivity index (χ2v) is 9.52. The highest BCUT2D eigenvalue weighted by molar-refractivity contribution is 7.80. The number of thiocarbonyl (C=S) groups is 1. The third-order valence-corrected chi connectivity index (χ3v) is 7.47. The second-order valence-electron chi connectivity index (χ2n) is 9.14. The number of carbonyl (C=O) groups excluding carboxylic acids is 2. The van der Waals surface area contributed by atoms with Crippen LogP contribution in [-0.2, 0) is 17.4 Å². The Morgan fingerprint density at radius 3 is 2.57 bits per heavy atom. The number of carbonyl (C=O) groups is 2. The van der Waals surface area contributed by atoms with Gasteiger partial charge in [0.2, 0.25) is 0 Å². The van der Waals surface area contributed by atoms with Gasteiger partial charge in [-0.05, 0) is 61.0 Å². The minimum atomic E-state index is -4.58. The van der Waals surface area contributed by atoms with E-state index >= 15 is 0 Å². The molecule has 8 nitrogen and oxygen atoms in total. The van der Waals surface area contributed by atoms with E-state index in [9.17, 15) is 22.8 Å². The smallest absolute Gasteiger partial charge is 0.416 e. The number of nitrogens with zero attached hydrogens (tertiary/aromatic N) is 3. The van der Waals surface area contributed by atoms with Gasteiger partial charge < -0.3 is 24.6 Å². The van der Waals surface area contributed by atoms with E-state index in [1.807, 2.05) is 23.1 Å². The Hall–Kier alpha value is -3.54. The highest BCUT2D eigenvalue weighted by atomic mass is 32.1. The van der Waals surface area contributed by atoms with Crippen molar-refractivity contribution in [3.63, 3.8) is 0 Å². The summed E-state index contributed by atoms with van der Waals surface area (Å²) in [7, 11) is 3.15. The minimum Gasteiger partial charge on any atom is -0.493 e. The standard InChI is InChI=1S/C25H25F3N4O4S/c1-35-19-7-6-14(10-20(19)36-2)8-9-29-23(37)30-13-17-12-18(30)21-22(33)32(24(34)31(17)21)16-5-3-4-15(11-16)25(26,27)28/h3-7,10-11,17-18,21H,8-9,12-13H2,1-2H3,(H,29,37)/t17-,18-,21+/m0/s1. The monoisotopic (exact) mass is 534 g/mol. The van der Waals surface area contributed by atoms with Crippen LogP contribution in [0.5, 0.6) is 11.5 Å². The Labute approximate surface area is 216 Å². The highest BCUT2D eigenvalue weighted by Crippen LogP contribution is 2.43. The van der Waals surface area contributed by atoms with Crippen LogP contribution in [0.4, 0.5) is 23.7 Å². The van der Waals surface area contributed by atoms with Crippen LogP contribution in [0.3, 0.4) is 0 Å². The third-order valence-electron chi connectivity index (χ3n) is 7.09. The predicted molar refractivity (Wildman–Crippen MR) is 133 cm³/mol. The molecule has 0 saturated carbocycles. The number of benzene rings is 2. The van der Waals surface area contributed by atoms with Crippen molar-refractivity contribution in [1.82, 2.24) is 15.1 Å². The van der Waals surface area contributed by atoms with Crippen molar-refractivity contribution in [3.8, 4) is 11.5 Å². The maximum atomic E-state index is 13.3. The maximum absolute atomic E-state index is 13.3. The van der Waals surface area contributed by atoms with E-state index in [2.05, 4.69) is 5.32 Å². The van der Waals surface area contributed by atoms with Crippen molar-refractivity contribution >= 4 is 35.0 Å². The molecule has 3 heterocycles. The molecule has 1 N–H and O–H groups in total. The summed E-state index contributed by atoms with van der Waals surface area (Å²) in [6.07, 6.45) is -3.34. The van der Waals surface area contributed by atoms with Gasteiger partial charge in [0.1, 0.15) is 6.04 Å². The molecule has 2 aromatic carbocycles. The number of methoxy groups -OCH3 is 2. The first-order valence-corrected chi connectivity index (χ1v) is 12.1. The average molecular weight is 535 g/mol. The number of fused-ring (bicyclic) bond motifs is 5. The van der Waals surface area contributed by atoms with Gasteiger partial charge in [0.15, 0.2) is 16.6 Å². The molecule has 37 heavy (non-hydrogen) atoms. The number of piperazine rings is 1. The number of anilines is 1. The zero-order valence-corrected chi connectivity index (χ0v) is 20.9. The van der Waals surface area contributed by atoms with Gasteiger partial charge in [-0.15, -0.1) is 0 Å². The summed E-state index contributed by atoms with van der Waals surface area (Å²) in [4.78, 5) is 30.7. The predicted octanol–water partition coefficient (Wildman–Crippen LogP) is 3.43. The van der Waals surface area contributed by atoms with Gasteiger partial charge in [-0.2, -0.15) is 13.2 Å². The topological polar surface area (TPSA) is 74.4 Å². The fourth-order valence-corrected chi connectivity index (χ4v) is 5.71. The molecule has 12 heteroatoms. The van der Waals surface area contributed by atoms with Crippen LogP contribution in [0.2, 0.25) is 0 Å². The van der Waals surface area contributed by atoms with E-state index in [-0.39, 0.29) is 17.8 Å². The lowest BCUT2D eigenvalue weighted by molar-refractivity contribution is -0.137. The number of halogens is 3. The SMILES string of the molecule is COc1ccc(CCNC(=S)N2C[C@@H]3C[C@H]2[C@@H]2C(=O)N(c4cccc(C(F)(F)F)c4)C(=O)N32)cc1OC. The van der Waals surface area contributed by atoms with Crippen molar-refractivity contribution < 1.29 is 32.2 Å². The summed E-state index contributed by atoms with van der Waals surface area (Å²) >= 11 is 5.61. The third kappa shape index (κ3) is 4.32. The highest BCUT2D eigenvalue weighted by Gasteiger charge is 2.62. The van der Waals surface area contributed by atoms with Crippen LogP contribution in [0.15, 0.2) is 42.5 Å². The molecule has 0 aliphatic carbocycles. The number of imide groups is 1. The molecule has 0 aromatic heterocycles. The number of likely N-dealkylation sites (tertiary alicyclic amines) is 1. The van der Waals surface area contributed by atoms with E-state index < -0.39 is 29.7 Å². The van der Waals surface area contributed by atoms with E-state index in [0.29, 0.717) is 42.5 Å². The molecule has 0 unspecified atom stereocenters. The Kier molecular flexibility index (Phi) is 6.38. The minimum absolute atomic E-state index is 0.0826. The number of rotatable bonds is 6.